The van der Waals surface area contributed by atoms with Crippen molar-refractivity contribution in [2.45, 2.75) is 90.4 Å². The monoisotopic (exact) mass is 370 g/mol. The molecule has 1 aliphatic carbocycles. The van der Waals surface area contributed by atoms with Gasteiger partial charge in [-0.25, -0.2) is 4.79 Å². The Hall–Kier alpha value is -1.90. The molecule has 2 rings (SSSR count). The maximum atomic E-state index is 12.5. The van der Waals surface area contributed by atoms with Gasteiger partial charge in [0.25, 0.3) is 0 Å². The molecule has 1 aromatic carbocycles. The van der Waals surface area contributed by atoms with Crippen LogP contribution in [-0.2, 0) is 17.6 Å². The highest BCUT2D eigenvalue weighted by molar-refractivity contribution is 6.12. The van der Waals surface area contributed by atoms with Crippen molar-refractivity contribution in [3.8, 4) is 0 Å². The van der Waals surface area contributed by atoms with Crippen molar-refractivity contribution in [1.82, 2.24) is 0 Å². The quantitative estimate of drug-likeness (QED) is 0.347. The molecule has 1 aliphatic rings. The molecule has 148 valence electrons. The SMILES string of the molecule is CCCCCCCCCCCCc1ccc2c(c1)C(=O)/C(=C/C(=O)O)CC2. The molecule has 0 heterocycles. The molecule has 0 saturated heterocycles. The molecule has 0 atom stereocenters. The van der Waals surface area contributed by atoms with E-state index in [0.717, 1.165) is 30.9 Å². The Morgan fingerprint density at radius 3 is 2.22 bits per heavy atom. The highest BCUT2D eigenvalue weighted by atomic mass is 16.4. The van der Waals surface area contributed by atoms with E-state index in [-0.39, 0.29) is 5.78 Å². The lowest BCUT2D eigenvalue weighted by atomic mass is 9.85. The first-order valence-corrected chi connectivity index (χ1v) is 10.7. The third kappa shape index (κ3) is 7.32. The van der Waals surface area contributed by atoms with Gasteiger partial charge in [-0.3, -0.25) is 4.79 Å². The maximum Gasteiger partial charge on any atom is 0.328 e. The molecule has 0 spiro atoms. The number of hydrogen-bond acceptors (Lipinski definition) is 2. The number of fused-ring (bicyclic) bond motifs is 1. The Bertz CT molecular complexity index is 658. The van der Waals surface area contributed by atoms with Crippen LogP contribution in [0.3, 0.4) is 0 Å². The molecule has 0 bridgehead atoms. The van der Waals surface area contributed by atoms with Crippen molar-refractivity contribution >= 4 is 11.8 Å². The lowest BCUT2D eigenvalue weighted by Gasteiger charge is -2.18. The number of aliphatic carboxylic acids is 1. The molecule has 0 saturated carbocycles. The zero-order valence-corrected chi connectivity index (χ0v) is 16.8. The van der Waals surface area contributed by atoms with Gasteiger partial charge in [-0.2, -0.15) is 0 Å². The van der Waals surface area contributed by atoms with Gasteiger partial charge < -0.3 is 5.11 Å². The zero-order chi connectivity index (χ0) is 19.5. The molecule has 0 amide bonds. The number of carboxylic acid groups (broad SMARTS) is 1. The van der Waals surface area contributed by atoms with E-state index in [9.17, 15) is 9.59 Å². The number of carboxylic acids is 1. The lowest BCUT2D eigenvalue weighted by molar-refractivity contribution is -0.131. The standard InChI is InChI=1S/C24H34O3/c1-2-3-4-5-6-7-8-9-10-11-12-19-13-14-20-15-16-21(18-23(25)26)24(27)22(20)17-19/h13-14,17-18H,2-12,15-16H2,1H3,(H,25,26)/b21-18+. The number of ketones is 1. The van der Waals surface area contributed by atoms with Gasteiger partial charge in [0, 0.05) is 17.2 Å². The third-order valence-corrected chi connectivity index (χ3v) is 5.49. The molecule has 0 aromatic heterocycles. The second kappa shape index (κ2) is 11.7. The first-order valence-electron chi connectivity index (χ1n) is 10.7. The number of Topliss-reactive ketones (excluding diaryl/α,β-unsaturated/α-hetero) is 1. The molecular formula is C24H34O3. The summed E-state index contributed by atoms with van der Waals surface area (Å²) in [6.45, 7) is 2.25. The van der Waals surface area contributed by atoms with E-state index in [4.69, 9.17) is 5.11 Å². The molecule has 0 fully saturated rings. The summed E-state index contributed by atoms with van der Waals surface area (Å²) in [6, 6.07) is 6.17. The van der Waals surface area contributed by atoms with Crippen molar-refractivity contribution < 1.29 is 14.7 Å². The van der Waals surface area contributed by atoms with Crippen LogP contribution in [0.4, 0.5) is 0 Å². The van der Waals surface area contributed by atoms with Crippen molar-refractivity contribution in [1.29, 1.82) is 0 Å². The first kappa shape index (κ1) is 21.4. The van der Waals surface area contributed by atoms with Crippen molar-refractivity contribution in [2.24, 2.45) is 0 Å². The summed E-state index contributed by atoms with van der Waals surface area (Å²) in [7, 11) is 0. The Morgan fingerprint density at radius 1 is 0.963 bits per heavy atom. The topological polar surface area (TPSA) is 54.4 Å². The molecule has 0 unspecified atom stereocenters. The summed E-state index contributed by atoms with van der Waals surface area (Å²) < 4.78 is 0. The highest BCUT2D eigenvalue weighted by Gasteiger charge is 2.22. The van der Waals surface area contributed by atoms with Crippen LogP contribution in [-0.4, -0.2) is 16.9 Å². The molecule has 0 aliphatic heterocycles. The van der Waals surface area contributed by atoms with Crippen LogP contribution in [0.1, 0.15) is 99.0 Å². The van der Waals surface area contributed by atoms with Crippen LogP contribution in [0.2, 0.25) is 0 Å². The highest BCUT2D eigenvalue weighted by Crippen LogP contribution is 2.26. The molecule has 0 radical (unpaired) electrons. The van der Waals surface area contributed by atoms with Crippen molar-refractivity contribution in [2.75, 3.05) is 0 Å². The number of aryl methyl sites for hydroxylation is 2. The number of allylic oxidation sites excluding steroid dienone is 1. The number of hydrogen-bond donors (Lipinski definition) is 1. The molecule has 27 heavy (non-hydrogen) atoms. The van der Waals surface area contributed by atoms with E-state index in [1.807, 2.05) is 6.07 Å². The van der Waals surface area contributed by atoms with Crippen LogP contribution in [0.5, 0.6) is 0 Å². The Labute approximate surface area is 163 Å². The van der Waals surface area contributed by atoms with Crippen molar-refractivity contribution in [3.05, 3.63) is 46.5 Å². The average Bonchev–Trinajstić information content (AvgIpc) is 2.65. The van der Waals surface area contributed by atoms with Gasteiger partial charge in [-0.1, -0.05) is 76.8 Å². The van der Waals surface area contributed by atoms with Crippen LogP contribution in [0, 0.1) is 0 Å². The second-order valence-corrected chi connectivity index (χ2v) is 7.76. The number of unbranched alkanes of at least 4 members (excludes halogenated alkanes) is 9. The smallest absolute Gasteiger partial charge is 0.328 e. The van der Waals surface area contributed by atoms with Crippen molar-refractivity contribution in [3.63, 3.8) is 0 Å². The van der Waals surface area contributed by atoms with E-state index in [1.54, 1.807) is 0 Å². The summed E-state index contributed by atoms with van der Waals surface area (Å²) in [5, 5.41) is 8.92. The van der Waals surface area contributed by atoms with E-state index in [0.29, 0.717) is 17.6 Å². The van der Waals surface area contributed by atoms with E-state index in [1.165, 1.54) is 63.4 Å². The lowest BCUT2D eigenvalue weighted by Crippen LogP contribution is -2.15. The van der Waals surface area contributed by atoms with Gasteiger partial charge in [0.2, 0.25) is 0 Å². The predicted octanol–water partition coefficient (Wildman–Crippen LogP) is 6.29. The number of benzene rings is 1. The normalized spacial score (nSPS) is 15.1. The third-order valence-electron chi connectivity index (χ3n) is 5.49. The minimum absolute atomic E-state index is 0.108. The minimum Gasteiger partial charge on any atom is -0.478 e. The van der Waals surface area contributed by atoms with Gasteiger partial charge in [0.1, 0.15) is 0 Å². The maximum absolute atomic E-state index is 12.5. The van der Waals surface area contributed by atoms with Gasteiger partial charge in [-0.05, 0) is 42.9 Å². The van der Waals surface area contributed by atoms with Crippen LogP contribution >= 0.6 is 0 Å². The minimum atomic E-state index is -1.04. The summed E-state index contributed by atoms with van der Waals surface area (Å²) in [6.07, 6.45) is 16.5. The van der Waals surface area contributed by atoms with Crippen LogP contribution in [0.25, 0.3) is 0 Å². The number of carbonyl (C=O) groups is 2. The molecule has 1 N–H and O–H groups in total. The van der Waals surface area contributed by atoms with Crippen LogP contribution < -0.4 is 0 Å². The Morgan fingerprint density at radius 2 is 1.59 bits per heavy atom. The predicted molar refractivity (Wildman–Crippen MR) is 110 cm³/mol. The van der Waals surface area contributed by atoms with E-state index in [2.05, 4.69) is 19.1 Å². The fourth-order valence-electron chi connectivity index (χ4n) is 3.87. The average molecular weight is 371 g/mol. The second-order valence-electron chi connectivity index (χ2n) is 7.76. The molecular weight excluding hydrogens is 336 g/mol. The fourth-order valence-corrected chi connectivity index (χ4v) is 3.87. The summed E-state index contributed by atoms with van der Waals surface area (Å²) in [4.78, 5) is 23.4. The van der Waals surface area contributed by atoms with Gasteiger partial charge in [0.05, 0.1) is 0 Å². The Kier molecular flexibility index (Phi) is 9.30. The summed E-state index contributed by atoms with van der Waals surface area (Å²) in [5.74, 6) is -1.15. The molecule has 3 nitrogen and oxygen atoms in total. The number of carbonyl (C=O) groups excluding carboxylic acids is 1. The number of rotatable bonds is 12. The zero-order valence-electron chi connectivity index (χ0n) is 16.8. The summed E-state index contributed by atoms with van der Waals surface area (Å²) >= 11 is 0. The van der Waals surface area contributed by atoms with Gasteiger partial charge in [-0.15, -0.1) is 0 Å². The first-order chi connectivity index (χ1) is 13.1. The van der Waals surface area contributed by atoms with E-state index >= 15 is 0 Å². The fraction of sp³-hybridized carbons (Fsp3) is 0.583. The molecule has 1 aromatic rings. The molecule has 3 heteroatoms. The van der Waals surface area contributed by atoms with Crippen LogP contribution in [0.15, 0.2) is 29.8 Å². The van der Waals surface area contributed by atoms with Gasteiger partial charge in [0.15, 0.2) is 5.78 Å². The largest absolute Gasteiger partial charge is 0.478 e. The summed E-state index contributed by atoms with van der Waals surface area (Å²) in [5.41, 5.74) is 3.37. The van der Waals surface area contributed by atoms with Gasteiger partial charge >= 0.3 is 5.97 Å². The Balaban J connectivity index is 1.72. The van der Waals surface area contributed by atoms with E-state index < -0.39 is 5.97 Å².